The van der Waals surface area contributed by atoms with Crippen LogP contribution in [0.2, 0.25) is 5.02 Å². The first-order valence-corrected chi connectivity index (χ1v) is 7.22. The van der Waals surface area contributed by atoms with Crippen molar-refractivity contribution in [2.45, 2.75) is 26.7 Å². The van der Waals surface area contributed by atoms with Gasteiger partial charge in [0.15, 0.2) is 0 Å². The summed E-state index contributed by atoms with van der Waals surface area (Å²) in [5, 5.41) is 14.3. The molecule has 0 aliphatic rings. The average Bonchev–Trinajstić information content (AvgIpc) is 2.64. The molecule has 1 atom stereocenters. The summed E-state index contributed by atoms with van der Waals surface area (Å²) in [7, 11) is 1.79. The zero-order valence-corrected chi connectivity index (χ0v) is 13.2. The van der Waals surface area contributed by atoms with Crippen molar-refractivity contribution in [3.63, 3.8) is 0 Å². The largest absolute Gasteiger partial charge is 0.481 e. The molecule has 4 nitrogen and oxygen atoms in total. The molecule has 1 aromatic heterocycles. The molecule has 0 fully saturated rings. The van der Waals surface area contributed by atoms with Crippen molar-refractivity contribution in [3.8, 4) is 0 Å². The maximum Gasteiger partial charge on any atom is 0.307 e. The first kappa shape index (κ1) is 15.6. The Kier molecular flexibility index (Phi) is 4.68. The van der Waals surface area contributed by atoms with E-state index in [1.165, 1.54) is 0 Å². The summed E-state index contributed by atoms with van der Waals surface area (Å²) in [6.07, 6.45) is 0.858. The van der Waals surface area contributed by atoms with E-state index < -0.39 is 11.9 Å². The highest BCUT2D eigenvalue weighted by molar-refractivity contribution is 6.31. The Hall–Kier alpha value is -1.81. The van der Waals surface area contributed by atoms with Crippen molar-refractivity contribution < 1.29 is 9.90 Å². The lowest BCUT2D eigenvalue weighted by Crippen LogP contribution is -2.20. The van der Waals surface area contributed by atoms with Crippen LogP contribution in [-0.2, 0) is 24.7 Å². The zero-order valence-electron chi connectivity index (χ0n) is 12.4. The summed E-state index contributed by atoms with van der Waals surface area (Å²) < 4.78 is 1.67. The number of carbonyl (C=O) groups is 1. The van der Waals surface area contributed by atoms with Crippen LogP contribution in [0.25, 0.3) is 0 Å². The Morgan fingerprint density at radius 1 is 1.38 bits per heavy atom. The van der Waals surface area contributed by atoms with E-state index in [4.69, 9.17) is 11.6 Å². The number of carboxylic acids is 1. The number of aliphatic carboxylic acids is 1. The number of benzene rings is 1. The number of aromatic nitrogens is 2. The fraction of sp³-hybridized carbons (Fsp3) is 0.375. The zero-order chi connectivity index (χ0) is 15.6. The molecule has 112 valence electrons. The van der Waals surface area contributed by atoms with E-state index in [1.807, 2.05) is 38.1 Å². The number of rotatable bonds is 5. The Bertz CT molecular complexity index is 664. The van der Waals surface area contributed by atoms with Gasteiger partial charge in [-0.3, -0.25) is 9.48 Å². The molecule has 1 N–H and O–H groups in total. The van der Waals surface area contributed by atoms with Crippen LogP contribution in [0, 0.1) is 19.8 Å². The van der Waals surface area contributed by atoms with Crippen LogP contribution in [0.4, 0.5) is 0 Å². The van der Waals surface area contributed by atoms with Crippen LogP contribution >= 0.6 is 11.6 Å². The summed E-state index contributed by atoms with van der Waals surface area (Å²) in [6.45, 7) is 3.82. The van der Waals surface area contributed by atoms with Gasteiger partial charge in [0, 0.05) is 13.5 Å². The van der Waals surface area contributed by atoms with E-state index in [9.17, 15) is 9.90 Å². The van der Waals surface area contributed by atoms with Gasteiger partial charge < -0.3 is 5.11 Å². The van der Waals surface area contributed by atoms with Crippen LogP contribution in [-0.4, -0.2) is 20.9 Å². The van der Waals surface area contributed by atoms with Crippen LogP contribution in [0.3, 0.4) is 0 Å². The van der Waals surface area contributed by atoms with Crippen molar-refractivity contribution in [2.24, 2.45) is 13.0 Å². The van der Waals surface area contributed by atoms with Crippen molar-refractivity contribution >= 4 is 17.6 Å². The molecule has 1 unspecified atom stereocenters. The van der Waals surface area contributed by atoms with Crippen molar-refractivity contribution in [3.05, 3.63) is 51.8 Å². The summed E-state index contributed by atoms with van der Waals surface area (Å²) in [4.78, 5) is 11.5. The normalized spacial score (nSPS) is 12.4. The topological polar surface area (TPSA) is 55.1 Å². The molecule has 0 bridgehead atoms. The third kappa shape index (κ3) is 3.64. The molecule has 1 heterocycles. The number of hydrogen-bond donors (Lipinski definition) is 1. The number of aryl methyl sites for hydroxylation is 3. The molecule has 0 amide bonds. The molecule has 2 aromatic rings. The van der Waals surface area contributed by atoms with Crippen molar-refractivity contribution in [1.29, 1.82) is 0 Å². The second kappa shape index (κ2) is 6.31. The molecule has 0 aliphatic heterocycles. The lowest BCUT2D eigenvalue weighted by molar-refractivity contribution is -0.141. The molecular weight excluding hydrogens is 288 g/mol. The lowest BCUT2D eigenvalue weighted by atomic mass is 9.94. The molecule has 1 aromatic carbocycles. The first-order chi connectivity index (χ1) is 9.88. The van der Waals surface area contributed by atoms with Gasteiger partial charge in [0.1, 0.15) is 0 Å². The Morgan fingerprint density at radius 2 is 2.10 bits per heavy atom. The van der Waals surface area contributed by atoms with Crippen LogP contribution in [0.15, 0.2) is 24.3 Å². The van der Waals surface area contributed by atoms with Crippen LogP contribution in [0.5, 0.6) is 0 Å². The van der Waals surface area contributed by atoms with Gasteiger partial charge in [0.2, 0.25) is 0 Å². The van der Waals surface area contributed by atoms with E-state index in [0.717, 1.165) is 22.5 Å². The lowest BCUT2D eigenvalue weighted by Gasteiger charge is -2.13. The van der Waals surface area contributed by atoms with E-state index in [-0.39, 0.29) is 0 Å². The van der Waals surface area contributed by atoms with Gasteiger partial charge in [0.05, 0.1) is 22.3 Å². The standard InChI is InChI=1S/C16H19ClN2O2/c1-10-5-4-6-12(7-10)8-13(16(20)21)9-14-15(17)11(2)18-19(14)3/h4-7,13H,8-9H2,1-3H3,(H,20,21). The fourth-order valence-corrected chi connectivity index (χ4v) is 2.74. The summed E-state index contributed by atoms with van der Waals surface area (Å²) in [5.74, 6) is -1.33. The number of carboxylic acid groups (broad SMARTS) is 1. The molecule has 0 saturated carbocycles. The third-order valence-corrected chi connectivity index (χ3v) is 4.11. The molecule has 5 heteroatoms. The number of halogens is 1. The minimum Gasteiger partial charge on any atom is -0.481 e. The quantitative estimate of drug-likeness (QED) is 0.923. The summed E-state index contributed by atoms with van der Waals surface area (Å²) in [6, 6.07) is 7.93. The third-order valence-electron chi connectivity index (χ3n) is 3.62. The van der Waals surface area contributed by atoms with Gasteiger partial charge in [-0.05, 0) is 25.8 Å². The molecule has 0 saturated heterocycles. The van der Waals surface area contributed by atoms with E-state index in [0.29, 0.717) is 17.9 Å². The average molecular weight is 307 g/mol. The highest BCUT2D eigenvalue weighted by atomic mass is 35.5. The van der Waals surface area contributed by atoms with Gasteiger partial charge in [-0.1, -0.05) is 41.4 Å². The molecule has 0 spiro atoms. The minimum atomic E-state index is -0.813. The molecular formula is C16H19ClN2O2. The summed E-state index contributed by atoms with van der Waals surface area (Å²) in [5.41, 5.74) is 3.66. The number of nitrogens with zero attached hydrogens (tertiary/aromatic N) is 2. The smallest absolute Gasteiger partial charge is 0.307 e. The second-order valence-corrected chi connectivity index (χ2v) is 5.78. The van der Waals surface area contributed by atoms with Crippen molar-refractivity contribution in [2.75, 3.05) is 0 Å². The predicted octanol–water partition coefficient (Wildman–Crippen LogP) is 3.18. The highest BCUT2D eigenvalue weighted by Gasteiger charge is 2.23. The SMILES string of the molecule is Cc1cccc(CC(Cc2c(Cl)c(C)nn2C)C(=O)O)c1. The molecule has 21 heavy (non-hydrogen) atoms. The monoisotopic (exact) mass is 306 g/mol. The van der Waals surface area contributed by atoms with Gasteiger partial charge in [-0.25, -0.2) is 0 Å². The minimum absolute atomic E-state index is 0.374. The Labute approximate surface area is 129 Å². The van der Waals surface area contributed by atoms with Gasteiger partial charge in [0.25, 0.3) is 0 Å². The van der Waals surface area contributed by atoms with Crippen molar-refractivity contribution in [1.82, 2.24) is 9.78 Å². The van der Waals surface area contributed by atoms with Crippen LogP contribution < -0.4 is 0 Å². The van der Waals surface area contributed by atoms with Crippen LogP contribution in [0.1, 0.15) is 22.5 Å². The first-order valence-electron chi connectivity index (χ1n) is 6.84. The Balaban J connectivity index is 2.22. The maximum atomic E-state index is 11.5. The van der Waals surface area contributed by atoms with Gasteiger partial charge in [-0.15, -0.1) is 0 Å². The van der Waals surface area contributed by atoms with E-state index in [1.54, 1.807) is 11.7 Å². The number of hydrogen-bond acceptors (Lipinski definition) is 2. The van der Waals surface area contributed by atoms with E-state index >= 15 is 0 Å². The van der Waals surface area contributed by atoms with E-state index in [2.05, 4.69) is 5.10 Å². The second-order valence-electron chi connectivity index (χ2n) is 5.40. The summed E-state index contributed by atoms with van der Waals surface area (Å²) >= 11 is 6.21. The highest BCUT2D eigenvalue weighted by Crippen LogP contribution is 2.24. The fourth-order valence-electron chi connectivity index (χ4n) is 2.51. The maximum absolute atomic E-state index is 11.5. The van der Waals surface area contributed by atoms with Gasteiger partial charge >= 0.3 is 5.97 Å². The molecule has 0 radical (unpaired) electrons. The Morgan fingerprint density at radius 3 is 2.62 bits per heavy atom. The molecule has 0 aliphatic carbocycles. The molecule has 2 rings (SSSR count). The predicted molar refractivity (Wildman–Crippen MR) is 82.7 cm³/mol. The van der Waals surface area contributed by atoms with Gasteiger partial charge in [-0.2, -0.15) is 5.10 Å².